The molecule has 0 aliphatic rings. The van der Waals surface area contributed by atoms with Crippen LogP contribution >= 0.6 is 0 Å². The molecule has 0 heterocycles. The predicted molar refractivity (Wildman–Crippen MR) is 101 cm³/mol. The summed E-state index contributed by atoms with van der Waals surface area (Å²) < 4.78 is 10.3. The van der Waals surface area contributed by atoms with Crippen LogP contribution in [0, 0.1) is 0 Å². The average molecular weight is 353 g/mol. The molecule has 1 N–H and O–H groups in total. The van der Waals surface area contributed by atoms with E-state index in [-0.39, 0.29) is 18.6 Å². The quantitative estimate of drug-likeness (QED) is 0.582. The molecule has 2 aromatic carbocycles. The fraction of sp³-hybridized carbons (Fsp3) is 0.238. The molecule has 0 saturated carbocycles. The van der Waals surface area contributed by atoms with Crippen molar-refractivity contribution in [1.82, 2.24) is 5.32 Å². The summed E-state index contributed by atoms with van der Waals surface area (Å²) in [4.78, 5) is 23.6. The smallest absolute Gasteiger partial charge is 0.331 e. The lowest BCUT2D eigenvalue weighted by Gasteiger charge is -2.13. The van der Waals surface area contributed by atoms with E-state index in [0.717, 1.165) is 16.9 Å². The van der Waals surface area contributed by atoms with Gasteiger partial charge in [-0.25, -0.2) is 4.79 Å². The molecule has 0 radical (unpaired) electrons. The Morgan fingerprint density at radius 1 is 1.08 bits per heavy atom. The molecule has 0 aliphatic carbocycles. The van der Waals surface area contributed by atoms with E-state index in [4.69, 9.17) is 9.47 Å². The maximum Gasteiger partial charge on any atom is 0.331 e. The molecule has 2 rings (SSSR count). The van der Waals surface area contributed by atoms with Gasteiger partial charge in [0.2, 0.25) is 0 Å². The zero-order valence-corrected chi connectivity index (χ0v) is 15.0. The van der Waals surface area contributed by atoms with E-state index in [9.17, 15) is 9.59 Å². The molecular weight excluding hydrogens is 330 g/mol. The van der Waals surface area contributed by atoms with Crippen molar-refractivity contribution in [2.24, 2.45) is 0 Å². The van der Waals surface area contributed by atoms with Crippen LogP contribution in [0.25, 0.3) is 6.08 Å². The topological polar surface area (TPSA) is 64.6 Å². The summed E-state index contributed by atoms with van der Waals surface area (Å²) in [7, 11) is 0. The monoisotopic (exact) mass is 353 g/mol. The molecular formula is C21H23NO4. The van der Waals surface area contributed by atoms with Crippen LogP contribution < -0.4 is 10.1 Å². The molecule has 5 heteroatoms. The van der Waals surface area contributed by atoms with Crippen LogP contribution in [0.3, 0.4) is 0 Å². The number of rotatable bonds is 8. The highest BCUT2D eigenvalue weighted by molar-refractivity contribution is 5.89. The molecule has 0 spiro atoms. The molecule has 0 fully saturated rings. The van der Waals surface area contributed by atoms with Crippen molar-refractivity contribution < 1.29 is 19.1 Å². The van der Waals surface area contributed by atoms with Gasteiger partial charge in [0.25, 0.3) is 5.91 Å². The molecule has 26 heavy (non-hydrogen) atoms. The largest absolute Gasteiger partial charge is 0.494 e. The second-order valence-electron chi connectivity index (χ2n) is 5.64. The van der Waals surface area contributed by atoms with Crippen molar-refractivity contribution in [3.63, 3.8) is 0 Å². The van der Waals surface area contributed by atoms with Gasteiger partial charge in [-0.1, -0.05) is 42.5 Å². The van der Waals surface area contributed by atoms with Gasteiger partial charge in [0, 0.05) is 6.08 Å². The first-order chi connectivity index (χ1) is 12.6. The lowest BCUT2D eigenvalue weighted by atomic mass is 10.1. The van der Waals surface area contributed by atoms with Gasteiger partial charge in [-0.15, -0.1) is 0 Å². The molecule has 0 saturated heterocycles. The number of ether oxygens (including phenoxy) is 2. The van der Waals surface area contributed by atoms with Crippen LogP contribution in [0.2, 0.25) is 0 Å². The minimum absolute atomic E-state index is 0.151. The summed E-state index contributed by atoms with van der Waals surface area (Å²) in [6.07, 6.45) is 2.92. The van der Waals surface area contributed by atoms with E-state index in [0.29, 0.717) is 6.61 Å². The van der Waals surface area contributed by atoms with Crippen LogP contribution in [0.5, 0.6) is 5.75 Å². The lowest BCUT2D eigenvalue weighted by Crippen LogP contribution is -2.30. The van der Waals surface area contributed by atoms with Crippen molar-refractivity contribution in [1.29, 1.82) is 0 Å². The standard InChI is InChI=1S/C21H23NO4/c1-3-25-19-12-9-17(10-13-19)11-14-21(24)26-15-20(23)22-16(2)18-7-5-4-6-8-18/h4-14,16H,3,15H2,1-2H3,(H,22,23)/b14-11+/t16-/m0/s1. The number of carbonyl (C=O) groups excluding carboxylic acids is 2. The van der Waals surface area contributed by atoms with Crippen LogP contribution in [0.15, 0.2) is 60.7 Å². The summed E-state index contributed by atoms with van der Waals surface area (Å²) in [5.41, 5.74) is 1.83. The van der Waals surface area contributed by atoms with Crippen LogP contribution in [0.4, 0.5) is 0 Å². The van der Waals surface area contributed by atoms with E-state index in [2.05, 4.69) is 5.32 Å². The fourth-order valence-electron chi connectivity index (χ4n) is 2.30. The number of hydrogen-bond acceptors (Lipinski definition) is 4. The van der Waals surface area contributed by atoms with Crippen LogP contribution in [-0.4, -0.2) is 25.1 Å². The van der Waals surface area contributed by atoms with Gasteiger partial charge in [0.15, 0.2) is 6.61 Å². The summed E-state index contributed by atoms with van der Waals surface area (Å²) in [6.45, 7) is 4.08. The number of benzene rings is 2. The first-order valence-electron chi connectivity index (χ1n) is 8.50. The summed E-state index contributed by atoms with van der Waals surface area (Å²) >= 11 is 0. The summed E-state index contributed by atoms with van der Waals surface area (Å²) in [5, 5.41) is 2.79. The zero-order valence-electron chi connectivity index (χ0n) is 15.0. The Balaban J connectivity index is 1.76. The molecule has 1 amide bonds. The third-order valence-corrected chi connectivity index (χ3v) is 3.63. The Labute approximate surface area is 153 Å². The second kappa shape index (κ2) is 10.0. The highest BCUT2D eigenvalue weighted by atomic mass is 16.5. The third kappa shape index (κ3) is 6.43. The van der Waals surface area contributed by atoms with Gasteiger partial charge in [-0.05, 0) is 43.2 Å². The number of amides is 1. The highest BCUT2D eigenvalue weighted by Crippen LogP contribution is 2.13. The number of hydrogen-bond donors (Lipinski definition) is 1. The fourth-order valence-corrected chi connectivity index (χ4v) is 2.30. The Hall–Kier alpha value is -3.08. The van der Waals surface area contributed by atoms with Crippen LogP contribution in [0.1, 0.15) is 31.0 Å². The van der Waals surface area contributed by atoms with Gasteiger partial charge in [-0.3, -0.25) is 4.79 Å². The zero-order chi connectivity index (χ0) is 18.8. The summed E-state index contributed by atoms with van der Waals surface area (Å²) in [5.74, 6) is -0.137. The molecule has 136 valence electrons. The van der Waals surface area contributed by atoms with Crippen molar-refractivity contribution in [3.05, 3.63) is 71.8 Å². The van der Waals surface area contributed by atoms with E-state index >= 15 is 0 Å². The van der Waals surface area contributed by atoms with Crippen molar-refractivity contribution in [3.8, 4) is 5.75 Å². The lowest BCUT2D eigenvalue weighted by molar-refractivity contribution is -0.144. The second-order valence-corrected chi connectivity index (χ2v) is 5.64. The number of nitrogens with one attached hydrogen (secondary N) is 1. The van der Waals surface area contributed by atoms with E-state index < -0.39 is 5.97 Å². The normalized spacial score (nSPS) is 11.8. The highest BCUT2D eigenvalue weighted by Gasteiger charge is 2.10. The van der Waals surface area contributed by atoms with Crippen molar-refractivity contribution >= 4 is 18.0 Å². The molecule has 5 nitrogen and oxygen atoms in total. The van der Waals surface area contributed by atoms with Gasteiger partial charge in [0.1, 0.15) is 5.75 Å². The Morgan fingerprint density at radius 2 is 1.77 bits per heavy atom. The maximum atomic E-state index is 11.9. The van der Waals surface area contributed by atoms with Crippen LogP contribution in [-0.2, 0) is 14.3 Å². The summed E-state index contributed by atoms with van der Waals surface area (Å²) in [6, 6.07) is 16.8. The van der Waals surface area contributed by atoms with Gasteiger partial charge < -0.3 is 14.8 Å². The molecule has 2 aromatic rings. The van der Waals surface area contributed by atoms with E-state index in [1.807, 2.05) is 68.4 Å². The first kappa shape index (κ1) is 19.2. The van der Waals surface area contributed by atoms with Crippen molar-refractivity contribution in [2.75, 3.05) is 13.2 Å². The first-order valence-corrected chi connectivity index (χ1v) is 8.50. The van der Waals surface area contributed by atoms with E-state index in [1.54, 1.807) is 6.08 Å². The molecule has 0 aliphatic heterocycles. The van der Waals surface area contributed by atoms with E-state index in [1.165, 1.54) is 6.08 Å². The Bertz CT molecular complexity index is 738. The SMILES string of the molecule is CCOc1ccc(/C=C/C(=O)OCC(=O)N[C@@H](C)c2ccccc2)cc1. The maximum absolute atomic E-state index is 11.9. The molecule has 0 bridgehead atoms. The molecule has 1 atom stereocenters. The van der Waals surface area contributed by atoms with Gasteiger partial charge in [0.05, 0.1) is 12.6 Å². The average Bonchev–Trinajstić information content (AvgIpc) is 2.66. The Morgan fingerprint density at radius 3 is 2.42 bits per heavy atom. The minimum atomic E-state index is -0.568. The van der Waals surface area contributed by atoms with Gasteiger partial charge in [-0.2, -0.15) is 0 Å². The Kier molecular flexibility index (Phi) is 7.43. The number of carbonyl (C=O) groups is 2. The predicted octanol–water partition coefficient (Wildman–Crippen LogP) is 3.52. The number of esters is 1. The van der Waals surface area contributed by atoms with Crippen molar-refractivity contribution in [2.45, 2.75) is 19.9 Å². The molecule has 0 aromatic heterocycles. The van der Waals surface area contributed by atoms with Gasteiger partial charge >= 0.3 is 5.97 Å². The molecule has 0 unspecified atom stereocenters. The minimum Gasteiger partial charge on any atom is -0.494 e. The third-order valence-electron chi connectivity index (χ3n) is 3.63.